The number of halogens is 3. The van der Waals surface area contributed by atoms with Crippen LogP contribution in [0.1, 0.15) is 37.3 Å². The Morgan fingerprint density at radius 1 is 1.39 bits per heavy atom. The maximum absolute atomic E-state index is 12.1. The van der Waals surface area contributed by atoms with E-state index in [1.165, 1.54) is 0 Å². The monoisotopic (exact) mass is 422 g/mol. The van der Waals surface area contributed by atoms with Crippen molar-refractivity contribution >= 4 is 45.8 Å². The lowest BCUT2D eigenvalue weighted by Gasteiger charge is -2.15. The van der Waals surface area contributed by atoms with Crippen LogP contribution in [0.4, 0.5) is 0 Å². The second kappa shape index (κ2) is 8.65. The quantitative estimate of drug-likeness (QED) is 0.601. The van der Waals surface area contributed by atoms with Gasteiger partial charge in [0.25, 0.3) is 0 Å². The molecule has 0 spiro atoms. The first-order valence-corrected chi connectivity index (χ1v) is 8.77. The highest BCUT2D eigenvalue weighted by molar-refractivity contribution is 9.10. The standard InChI is InChI=1S/C15H20BrClN4O.ClH/c16-9-3-4-12(17)11(6-9)13-8-14(21-20-13)19-15(22)7-10-2-1-5-18-10;/h3-4,6,10,13-14,18,20-21H,1-2,5,7-8H2,(H,19,22);1H. The number of hydrazine groups is 1. The Bertz CT molecular complexity index is 554. The molecule has 3 unspecified atom stereocenters. The van der Waals surface area contributed by atoms with Crippen molar-refractivity contribution in [2.24, 2.45) is 0 Å². The molecule has 2 fully saturated rings. The number of nitrogens with one attached hydrogen (secondary N) is 4. The zero-order chi connectivity index (χ0) is 15.5. The first-order valence-electron chi connectivity index (χ1n) is 7.60. The van der Waals surface area contributed by atoms with E-state index < -0.39 is 0 Å². The second-order valence-electron chi connectivity index (χ2n) is 5.86. The molecule has 8 heteroatoms. The average molecular weight is 424 g/mol. The lowest BCUT2D eigenvalue weighted by atomic mass is 10.0. The van der Waals surface area contributed by atoms with E-state index in [1.807, 2.05) is 18.2 Å². The molecule has 4 N–H and O–H groups in total. The molecule has 0 aromatic heterocycles. The highest BCUT2D eigenvalue weighted by atomic mass is 79.9. The molecular formula is C15H21BrCl2N4O. The lowest BCUT2D eigenvalue weighted by molar-refractivity contribution is -0.122. The van der Waals surface area contributed by atoms with E-state index in [-0.39, 0.29) is 30.5 Å². The molecule has 3 atom stereocenters. The number of hydrogen-bond donors (Lipinski definition) is 4. The molecule has 3 rings (SSSR count). The molecule has 0 saturated carbocycles. The van der Waals surface area contributed by atoms with Gasteiger partial charge in [-0.1, -0.05) is 27.5 Å². The smallest absolute Gasteiger partial charge is 0.222 e. The summed E-state index contributed by atoms with van der Waals surface area (Å²) < 4.78 is 0.994. The number of rotatable bonds is 4. The molecule has 23 heavy (non-hydrogen) atoms. The Balaban J connectivity index is 0.00000192. The summed E-state index contributed by atoms with van der Waals surface area (Å²) in [5, 5.41) is 7.10. The van der Waals surface area contributed by atoms with E-state index in [0.717, 1.165) is 40.9 Å². The van der Waals surface area contributed by atoms with Crippen LogP contribution in [-0.4, -0.2) is 24.7 Å². The summed E-state index contributed by atoms with van der Waals surface area (Å²) in [5.41, 5.74) is 7.36. The van der Waals surface area contributed by atoms with Crippen molar-refractivity contribution < 1.29 is 4.79 Å². The molecule has 1 aromatic carbocycles. The van der Waals surface area contributed by atoms with Gasteiger partial charge in [-0.05, 0) is 43.1 Å². The Morgan fingerprint density at radius 3 is 2.96 bits per heavy atom. The van der Waals surface area contributed by atoms with Crippen LogP contribution in [0.5, 0.6) is 0 Å². The van der Waals surface area contributed by atoms with Crippen molar-refractivity contribution in [3.63, 3.8) is 0 Å². The zero-order valence-electron chi connectivity index (χ0n) is 12.6. The number of carbonyl (C=O) groups is 1. The van der Waals surface area contributed by atoms with Gasteiger partial charge in [0.2, 0.25) is 5.91 Å². The van der Waals surface area contributed by atoms with E-state index in [4.69, 9.17) is 11.6 Å². The molecule has 0 bridgehead atoms. The van der Waals surface area contributed by atoms with Gasteiger partial charge in [0, 0.05) is 28.4 Å². The van der Waals surface area contributed by atoms with Gasteiger partial charge in [-0.15, -0.1) is 12.4 Å². The average Bonchev–Trinajstić information content (AvgIpc) is 3.13. The van der Waals surface area contributed by atoms with Crippen LogP contribution in [0.2, 0.25) is 5.02 Å². The third kappa shape index (κ3) is 5.05. The van der Waals surface area contributed by atoms with Gasteiger partial charge in [0.05, 0.1) is 12.2 Å². The Hall–Kier alpha value is -0.370. The minimum Gasteiger partial charge on any atom is -0.339 e. The van der Waals surface area contributed by atoms with E-state index in [1.54, 1.807) is 0 Å². The maximum atomic E-state index is 12.1. The van der Waals surface area contributed by atoms with Gasteiger partial charge in [-0.25, -0.2) is 10.9 Å². The molecule has 2 aliphatic rings. The maximum Gasteiger partial charge on any atom is 0.222 e. The van der Waals surface area contributed by atoms with Crippen LogP contribution in [0.3, 0.4) is 0 Å². The fraction of sp³-hybridized carbons (Fsp3) is 0.533. The van der Waals surface area contributed by atoms with Crippen molar-refractivity contribution in [3.8, 4) is 0 Å². The molecule has 2 heterocycles. The third-order valence-electron chi connectivity index (χ3n) is 4.17. The molecule has 0 radical (unpaired) electrons. The summed E-state index contributed by atoms with van der Waals surface area (Å²) in [7, 11) is 0. The minimum atomic E-state index is -0.0750. The van der Waals surface area contributed by atoms with Gasteiger partial charge < -0.3 is 10.6 Å². The van der Waals surface area contributed by atoms with Crippen molar-refractivity contribution in [3.05, 3.63) is 33.3 Å². The largest absolute Gasteiger partial charge is 0.339 e. The summed E-state index contributed by atoms with van der Waals surface area (Å²) in [4.78, 5) is 12.1. The molecule has 2 saturated heterocycles. The first-order chi connectivity index (χ1) is 10.6. The highest BCUT2D eigenvalue weighted by Crippen LogP contribution is 2.30. The van der Waals surface area contributed by atoms with Crippen molar-refractivity contribution in [1.29, 1.82) is 0 Å². The summed E-state index contributed by atoms with van der Waals surface area (Å²) in [5.74, 6) is 0.0830. The summed E-state index contributed by atoms with van der Waals surface area (Å²) in [6, 6.07) is 6.21. The van der Waals surface area contributed by atoms with Crippen molar-refractivity contribution in [2.45, 2.75) is 43.9 Å². The molecule has 2 aliphatic heterocycles. The van der Waals surface area contributed by atoms with Gasteiger partial charge >= 0.3 is 0 Å². The Labute approximate surface area is 155 Å². The molecule has 0 aliphatic carbocycles. The molecule has 1 aromatic rings. The van der Waals surface area contributed by atoms with Crippen molar-refractivity contribution in [1.82, 2.24) is 21.5 Å². The van der Waals surface area contributed by atoms with Gasteiger partial charge in [-0.2, -0.15) is 0 Å². The highest BCUT2D eigenvalue weighted by Gasteiger charge is 2.28. The van der Waals surface area contributed by atoms with Gasteiger partial charge in [-0.3, -0.25) is 4.79 Å². The van der Waals surface area contributed by atoms with Crippen LogP contribution >= 0.6 is 39.9 Å². The number of benzene rings is 1. The predicted octanol–water partition coefficient (Wildman–Crippen LogP) is 2.65. The van der Waals surface area contributed by atoms with E-state index >= 15 is 0 Å². The van der Waals surface area contributed by atoms with Gasteiger partial charge in [0.15, 0.2) is 0 Å². The summed E-state index contributed by atoms with van der Waals surface area (Å²) >= 11 is 9.72. The molecule has 1 amide bonds. The minimum absolute atomic E-state index is 0. The molecule has 5 nitrogen and oxygen atoms in total. The number of carbonyl (C=O) groups excluding carboxylic acids is 1. The van der Waals surface area contributed by atoms with Gasteiger partial charge in [0.1, 0.15) is 0 Å². The normalized spacial score (nSPS) is 26.8. The molecule has 128 valence electrons. The summed E-state index contributed by atoms with van der Waals surface area (Å²) in [6.07, 6.45) is 3.47. The second-order valence-corrected chi connectivity index (χ2v) is 7.18. The first kappa shape index (κ1) is 19.0. The van der Waals surface area contributed by atoms with E-state index in [9.17, 15) is 4.79 Å². The SMILES string of the molecule is Cl.O=C(CC1CCCN1)NC1CC(c2cc(Br)ccc2Cl)NN1. The third-order valence-corrected chi connectivity index (χ3v) is 5.00. The van der Waals surface area contributed by atoms with E-state index in [2.05, 4.69) is 37.4 Å². The zero-order valence-corrected chi connectivity index (χ0v) is 15.7. The Morgan fingerprint density at radius 2 is 2.22 bits per heavy atom. The lowest BCUT2D eigenvalue weighted by Crippen LogP contribution is -2.45. The topological polar surface area (TPSA) is 65.2 Å². The summed E-state index contributed by atoms with van der Waals surface area (Å²) in [6.45, 7) is 1.02. The number of hydrogen-bond acceptors (Lipinski definition) is 4. The van der Waals surface area contributed by atoms with Crippen LogP contribution < -0.4 is 21.5 Å². The molecular weight excluding hydrogens is 403 g/mol. The predicted molar refractivity (Wildman–Crippen MR) is 97.6 cm³/mol. The van der Waals surface area contributed by atoms with Crippen LogP contribution in [0, 0.1) is 0 Å². The fourth-order valence-corrected chi connectivity index (χ4v) is 3.67. The number of amides is 1. The van der Waals surface area contributed by atoms with Crippen LogP contribution in [0.15, 0.2) is 22.7 Å². The van der Waals surface area contributed by atoms with Crippen molar-refractivity contribution in [2.75, 3.05) is 6.54 Å². The fourth-order valence-electron chi connectivity index (χ4n) is 3.04. The van der Waals surface area contributed by atoms with Crippen LogP contribution in [0.25, 0.3) is 0 Å². The van der Waals surface area contributed by atoms with E-state index in [0.29, 0.717) is 12.5 Å². The van der Waals surface area contributed by atoms with Crippen LogP contribution in [-0.2, 0) is 4.79 Å². The Kier molecular flexibility index (Phi) is 7.13.